The van der Waals surface area contributed by atoms with Crippen LogP contribution in [0.5, 0.6) is 0 Å². The summed E-state index contributed by atoms with van der Waals surface area (Å²) in [6.07, 6.45) is 4.62. The number of halogens is 1. The molecule has 1 aliphatic heterocycles. The van der Waals surface area contributed by atoms with Crippen LogP contribution in [0.4, 0.5) is 5.69 Å². The maximum absolute atomic E-state index is 6.14. The Morgan fingerprint density at radius 1 is 1.40 bits per heavy atom. The second kappa shape index (κ2) is 5.26. The van der Waals surface area contributed by atoms with Gasteiger partial charge in [0.1, 0.15) is 0 Å². The Morgan fingerprint density at radius 3 is 2.85 bits per heavy atom. The number of ether oxygens (including phenoxy) is 1. The Labute approximate surface area is 124 Å². The molecule has 2 N–H and O–H groups in total. The largest absolute Gasteiger partial charge is 0.381 e. The van der Waals surface area contributed by atoms with Crippen LogP contribution in [0, 0.1) is 0 Å². The van der Waals surface area contributed by atoms with E-state index in [9.17, 15) is 0 Å². The third kappa shape index (κ3) is 2.27. The second-order valence-corrected chi connectivity index (χ2v) is 6.10. The third-order valence-electron chi connectivity index (χ3n) is 4.43. The van der Waals surface area contributed by atoms with E-state index in [0.717, 1.165) is 42.9 Å². The van der Waals surface area contributed by atoms with Crippen molar-refractivity contribution in [2.24, 2.45) is 10.7 Å². The lowest BCUT2D eigenvalue weighted by Gasteiger charge is -2.44. The molecule has 0 saturated heterocycles. The maximum Gasteiger partial charge on any atom is 0.196 e. The number of hydrogen-bond donors (Lipinski definition) is 1. The summed E-state index contributed by atoms with van der Waals surface area (Å²) in [5.74, 6) is 0.601. The van der Waals surface area contributed by atoms with Crippen LogP contribution in [0.2, 0.25) is 5.02 Å². The monoisotopic (exact) mass is 293 g/mol. The summed E-state index contributed by atoms with van der Waals surface area (Å²) in [5.41, 5.74) is 7.17. The number of rotatable bonds is 2. The first-order valence-electron chi connectivity index (χ1n) is 7.03. The van der Waals surface area contributed by atoms with Crippen LogP contribution >= 0.6 is 11.6 Å². The summed E-state index contributed by atoms with van der Waals surface area (Å²) >= 11 is 5.98. The van der Waals surface area contributed by atoms with Gasteiger partial charge >= 0.3 is 0 Å². The molecule has 1 heterocycles. The molecular weight excluding hydrogens is 274 g/mol. The fourth-order valence-corrected chi connectivity index (χ4v) is 3.57. The Kier molecular flexibility index (Phi) is 3.61. The highest BCUT2D eigenvalue weighted by Crippen LogP contribution is 2.40. The van der Waals surface area contributed by atoms with Crippen molar-refractivity contribution < 1.29 is 4.74 Å². The Balaban J connectivity index is 1.93. The van der Waals surface area contributed by atoms with Crippen molar-refractivity contribution in [3.05, 3.63) is 29.3 Å². The molecule has 1 spiro atoms. The van der Waals surface area contributed by atoms with E-state index in [1.54, 1.807) is 7.11 Å². The summed E-state index contributed by atoms with van der Waals surface area (Å²) in [5, 5.41) is 0.732. The van der Waals surface area contributed by atoms with Crippen LogP contribution in [0.3, 0.4) is 0 Å². The molecule has 0 amide bonds. The molecule has 4 nitrogen and oxygen atoms in total. The lowest BCUT2D eigenvalue weighted by atomic mass is 9.79. The quantitative estimate of drug-likeness (QED) is 0.912. The standard InChI is InChI=1S/C15H20ClN3O/c1-20-13-3-2-8-15(9-13)10-18-14(17)19(15)12-6-4-11(16)5-7-12/h4-7,13H,2-3,8-10H2,1H3,(H2,17,18). The van der Waals surface area contributed by atoms with Gasteiger partial charge in [0.05, 0.1) is 18.2 Å². The lowest BCUT2D eigenvalue weighted by Crippen LogP contribution is -2.55. The van der Waals surface area contributed by atoms with Crippen LogP contribution in [-0.2, 0) is 4.74 Å². The summed E-state index contributed by atoms with van der Waals surface area (Å²) in [7, 11) is 1.79. The van der Waals surface area contributed by atoms with Gasteiger partial charge in [-0.05, 0) is 49.9 Å². The molecule has 2 aliphatic rings. The normalized spacial score (nSPS) is 29.8. The van der Waals surface area contributed by atoms with Gasteiger partial charge in [0.2, 0.25) is 0 Å². The molecule has 5 heteroatoms. The van der Waals surface area contributed by atoms with Gasteiger partial charge in [0.15, 0.2) is 5.96 Å². The van der Waals surface area contributed by atoms with Gasteiger partial charge in [0.25, 0.3) is 0 Å². The van der Waals surface area contributed by atoms with Crippen molar-refractivity contribution in [2.75, 3.05) is 18.6 Å². The van der Waals surface area contributed by atoms with Gasteiger partial charge in [-0.15, -0.1) is 0 Å². The van der Waals surface area contributed by atoms with E-state index in [4.69, 9.17) is 22.1 Å². The molecule has 0 aromatic heterocycles. The van der Waals surface area contributed by atoms with Gasteiger partial charge < -0.3 is 15.4 Å². The van der Waals surface area contributed by atoms with Gasteiger partial charge in [0, 0.05) is 17.8 Å². The predicted molar refractivity (Wildman–Crippen MR) is 82.4 cm³/mol. The molecular formula is C15H20ClN3O. The molecule has 1 aromatic carbocycles. The van der Waals surface area contributed by atoms with Crippen molar-refractivity contribution in [2.45, 2.75) is 37.3 Å². The molecule has 2 atom stereocenters. The minimum atomic E-state index is -0.0309. The minimum absolute atomic E-state index is 0.0309. The van der Waals surface area contributed by atoms with Gasteiger partial charge in [-0.1, -0.05) is 11.6 Å². The Bertz CT molecular complexity index is 516. The SMILES string of the molecule is COC1CCCC2(CN=C(N)N2c2ccc(Cl)cc2)C1. The number of anilines is 1. The van der Waals surface area contributed by atoms with Crippen LogP contribution < -0.4 is 10.6 Å². The summed E-state index contributed by atoms with van der Waals surface area (Å²) in [6.45, 7) is 0.751. The van der Waals surface area contributed by atoms with Crippen LogP contribution in [0.15, 0.2) is 29.3 Å². The van der Waals surface area contributed by atoms with Gasteiger partial charge in [-0.3, -0.25) is 4.99 Å². The molecule has 1 fully saturated rings. The fourth-order valence-electron chi connectivity index (χ4n) is 3.44. The lowest BCUT2D eigenvalue weighted by molar-refractivity contribution is 0.0459. The Hall–Kier alpha value is -1.26. The molecule has 1 saturated carbocycles. The fraction of sp³-hybridized carbons (Fsp3) is 0.533. The topological polar surface area (TPSA) is 50.9 Å². The molecule has 2 unspecified atom stereocenters. The molecule has 1 aromatic rings. The van der Waals surface area contributed by atoms with Gasteiger partial charge in [-0.2, -0.15) is 0 Å². The zero-order chi connectivity index (χ0) is 14.2. The van der Waals surface area contributed by atoms with E-state index in [0.29, 0.717) is 12.1 Å². The molecule has 20 heavy (non-hydrogen) atoms. The van der Waals surface area contributed by atoms with Crippen molar-refractivity contribution in [1.82, 2.24) is 0 Å². The molecule has 108 valence electrons. The summed E-state index contributed by atoms with van der Waals surface area (Å²) < 4.78 is 5.58. The van der Waals surface area contributed by atoms with Crippen LogP contribution in [-0.4, -0.2) is 31.3 Å². The zero-order valence-electron chi connectivity index (χ0n) is 11.7. The van der Waals surface area contributed by atoms with Crippen LogP contribution in [0.1, 0.15) is 25.7 Å². The second-order valence-electron chi connectivity index (χ2n) is 5.66. The Morgan fingerprint density at radius 2 is 2.15 bits per heavy atom. The van der Waals surface area contributed by atoms with E-state index < -0.39 is 0 Å². The van der Waals surface area contributed by atoms with Crippen molar-refractivity contribution in [1.29, 1.82) is 0 Å². The summed E-state index contributed by atoms with van der Waals surface area (Å²) in [4.78, 5) is 6.67. The molecule has 0 radical (unpaired) electrons. The highest BCUT2D eigenvalue weighted by molar-refractivity contribution is 6.30. The number of nitrogens with two attached hydrogens (primary N) is 1. The van der Waals surface area contributed by atoms with E-state index >= 15 is 0 Å². The highest BCUT2D eigenvalue weighted by atomic mass is 35.5. The van der Waals surface area contributed by atoms with E-state index in [-0.39, 0.29) is 5.54 Å². The number of guanidine groups is 1. The van der Waals surface area contributed by atoms with E-state index in [2.05, 4.69) is 9.89 Å². The van der Waals surface area contributed by atoms with E-state index in [1.165, 1.54) is 0 Å². The molecule has 1 aliphatic carbocycles. The first kappa shape index (κ1) is 13.7. The summed E-state index contributed by atoms with van der Waals surface area (Å²) in [6, 6.07) is 7.81. The number of methoxy groups -OCH3 is 1. The van der Waals surface area contributed by atoms with Crippen molar-refractivity contribution in [3.63, 3.8) is 0 Å². The van der Waals surface area contributed by atoms with Crippen LogP contribution in [0.25, 0.3) is 0 Å². The van der Waals surface area contributed by atoms with E-state index in [1.807, 2.05) is 24.3 Å². The average Bonchev–Trinajstić information content (AvgIpc) is 2.77. The predicted octanol–water partition coefficient (Wildman–Crippen LogP) is 2.80. The number of hydrogen-bond acceptors (Lipinski definition) is 4. The number of benzene rings is 1. The van der Waals surface area contributed by atoms with Crippen molar-refractivity contribution >= 4 is 23.2 Å². The number of aliphatic imine (C=N–C) groups is 1. The third-order valence-corrected chi connectivity index (χ3v) is 4.68. The van der Waals surface area contributed by atoms with Crippen molar-refractivity contribution in [3.8, 4) is 0 Å². The zero-order valence-corrected chi connectivity index (χ0v) is 12.4. The smallest absolute Gasteiger partial charge is 0.196 e. The number of nitrogens with zero attached hydrogens (tertiary/aromatic N) is 2. The average molecular weight is 294 g/mol. The first-order chi connectivity index (χ1) is 9.64. The van der Waals surface area contributed by atoms with Gasteiger partial charge in [-0.25, -0.2) is 0 Å². The molecule has 3 rings (SSSR count). The minimum Gasteiger partial charge on any atom is -0.381 e. The maximum atomic E-state index is 6.14. The highest BCUT2D eigenvalue weighted by Gasteiger charge is 2.46. The molecule has 0 bridgehead atoms. The first-order valence-corrected chi connectivity index (χ1v) is 7.41.